The molecule has 0 saturated carbocycles. The number of rotatable bonds is 3. The van der Waals surface area contributed by atoms with E-state index in [0.29, 0.717) is 19.1 Å². The first-order chi connectivity index (χ1) is 10.5. The summed E-state index contributed by atoms with van der Waals surface area (Å²) in [7, 11) is 0. The number of carbonyl (C=O) groups excluding carboxylic acids is 1. The first kappa shape index (κ1) is 18.1. The number of aromatic nitrogens is 1. The number of morpholine rings is 1. The SMILES string of the molecule is CC(C)c1nc2ccc(NC(=O)[C@H]3NCCO[C@@H]3C)cc2s1.Cl. The van der Waals surface area contributed by atoms with Crippen molar-refractivity contribution in [3.63, 3.8) is 0 Å². The van der Waals surface area contributed by atoms with Crippen LogP contribution in [0.4, 0.5) is 5.69 Å². The molecule has 0 spiro atoms. The molecule has 23 heavy (non-hydrogen) atoms. The van der Waals surface area contributed by atoms with Gasteiger partial charge in [-0.15, -0.1) is 23.7 Å². The van der Waals surface area contributed by atoms with Crippen LogP contribution in [0.3, 0.4) is 0 Å². The van der Waals surface area contributed by atoms with Gasteiger partial charge in [0.2, 0.25) is 5.91 Å². The second-order valence-electron chi connectivity index (χ2n) is 5.89. The molecule has 2 heterocycles. The molecule has 1 aliphatic rings. The molecule has 3 rings (SSSR count). The Labute approximate surface area is 146 Å². The van der Waals surface area contributed by atoms with Crippen LogP contribution in [0.2, 0.25) is 0 Å². The zero-order valence-electron chi connectivity index (χ0n) is 13.5. The van der Waals surface area contributed by atoms with E-state index >= 15 is 0 Å². The average molecular weight is 356 g/mol. The van der Waals surface area contributed by atoms with E-state index in [1.807, 2.05) is 25.1 Å². The van der Waals surface area contributed by atoms with Crippen LogP contribution in [0.15, 0.2) is 18.2 Å². The normalized spacial score (nSPS) is 21.2. The third-order valence-electron chi connectivity index (χ3n) is 3.77. The van der Waals surface area contributed by atoms with Crippen LogP contribution in [-0.2, 0) is 9.53 Å². The van der Waals surface area contributed by atoms with Gasteiger partial charge in [-0.2, -0.15) is 0 Å². The number of amides is 1. The van der Waals surface area contributed by atoms with E-state index in [2.05, 4.69) is 29.5 Å². The number of nitrogens with one attached hydrogen (secondary N) is 2. The molecule has 1 aliphatic heterocycles. The highest BCUT2D eigenvalue weighted by molar-refractivity contribution is 7.18. The van der Waals surface area contributed by atoms with E-state index in [1.165, 1.54) is 0 Å². The van der Waals surface area contributed by atoms with Crippen LogP contribution in [0.5, 0.6) is 0 Å². The zero-order chi connectivity index (χ0) is 15.7. The average Bonchev–Trinajstić information content (AvgIpc) is 2.91. The summed E-state index contributed by atoms with van der Waals surface area (Å²) in [4.78, 5) is 17.0. The number of halogens is 1. The fourth-order valence-corrected chi connectivity index (χ4v) is 3.52. The lowest BCUT2D eigenvalue weighted by molar-refractivity contribution is -0.123. The van der Waals surface area contributed by atoms with Gasteiger partial charge in [-0.25, -0.2) is 4.98 Å². The number of hydrogen-bond donors (Lipinski definition) is 2. The maximum Gasteiger partial charge on any atom is 0.244 e. The summed E-state index contributed by atoms with van der Waals surface area (Å²) < 4.78 is 6.62. The van der Waals surface area contributed by atoms with Crippen molar-refractivity contribution in [3.05, 3.63) is 23.2 Å². The number of fused-ring (bicyclic) bond motifs is 1. The first-order valence-corrected chi connectivity index (χ1v) is 8.42. The number of carbonyl (C=O) groups is 1. The fraction of sp³-hybridized carbons (Fsp3) is 0.500. The topological polar surface area (TPSA) is 63.2 Å². The van der Waals surface area contributed by atoms with Crippen molar-refractivity contribution in [3.8, 4) is 0 Å². The highest BCUT2D eigenvalue weighted by atomic mass is 35.5. The summed E-state index contributed by atoms with van der Waals surface area (Å²) >= 11 is 1.68. The summed E-state index contributed by atoms with van der Waals surface area (Å²) in [6.45, 7) is 7.54. The van der Waals surface area contributed by atoms with Crippen LogP contribution >= 0.6 is 23.7 Å². The van der Waals surface area contributed by atoms with Gasteiger partial charge >= 0.3 is 0 Å². The largest absolute Gasteiger partial charge is 0.375 e. The lowest BCUT2D eigenvalue weighted by Crippen LogP contribution is -2.53. The molecule has 2 aromatic rings. The minimum Gasteiger partial charge on any atom is -0.375 e. The van der Waals surface area contributed by atoms with E-state index in [1.54, 1.807) is 11.3 Å². The lowest BCUT2D eigenvalue weighted by atomic mass is 10.1. The predicted molar refractivity (Wildman–Crippen MR) is 96.8 cm³/mol. The van der Waals surface area contributed by atoms with Gasteiger partial charge in [0.25, 0.3) is 0 Å². The van der Waals surface area contributed by atoms with Gasteiger partial charge < -0.3 is 15.4 Å². The molecule has 2 N–H and O–H groups in total. The lowest BCUT2D eigenvalue weighted by Gasteiger charge is -2.29. The Balaban J connectivity index is 0.00000192. The van der Waals surface area contributed by atoms with Crippen molar-refractivity contribution in [2.45, 2.75) is 38.8 Å². The molecule has 1 fully saturated rings. The van der Waals surface area contributed by atoms with E-state index in [0.717, 1.165) is 20.9 Å². The highest BCUT2D eigenvalue weighted by Crippen LogP contribution is 2.29. The Morgan fingerprint density at radius 1 is 1.48 bits per heavy atom. The molecular formula is C16H22ClN3O2S. The van der Waals surface area contributed by atoms with Gasteiger partial charge in [-0.05, 0) is 25.1 Å². The molecule has 126 valence electrons. The van der Waals surface area contributed by atoms with E-state index in [4.69, 9.17) is 4.74 Å². The maximum absolute atomic E-state index is 12.4. The van der Waals surface area contributed by atoms with Crippen LogP contribution in [0.25, 0.3) is 10.2 Å². The molecule has 7 heteroatoms. The molecule has 0 unspecified atom stereocenters. The monoisotopic (exact) mass is 355 g/mol. The summed E-state index contributed by atoms with van der Waals surface area (Å²) in [5, 5.41) is 7.29. The molecule has 1 aromatic heterocycles. The number of ether oxygens (including phenoxy) is 1. The molecule has 1 aromatic carbocycles. The molecule has 0 bridgehead atoms. The Bertz CT molecular complexity index is 689. The smallest absolute Gasteiger partial charge is 0.244 e. The summed E-state index contributed by atoms with van der Waals surface area (Å²) in [6.07, 6.45) is -0.117. The molecule has 0 aliphatic carbocycles. The van der Waals surface area contributed by atoms with Crippen molar-refractivity contribution in [1.82, 2.24) is 10.3 Å². The quantitative estimate of drug-likeness (QED) is 0.887. The van der Waals surface area contributed by atoms with Crippen molar-refractivity contribution in [1.29, 1.82) is 0 Å². The Kier molecular flexibility index (Phi) is 5.97. The molecule has 1 amide bonds. The van der Waals surface area contributed by atoms with Crippen LogP contribution in [-0.4, -0.2) is 36.2 Å². The van der Waals surface area contributed by atoms with Crippen molar-refractivity contribution < 1.29 is 9.53 Å². The van der Waals surface area contributed by atoms with Crippen LogP contribution < -0.4 is 10.6 Å². The number of nitrogens with zero attached hydrogens (tertiary/aromatic N) is 1. The molecule has 0 radical (unpaired) electrons. The number of benzene rings is 1. The second kappa shape index (κ2) is 7.57. The first-order valence-electron chi connectivity index (χ1n) is 7.61. The van der Waals surface area contributed by atoms with Gasteiger partial charge in [0, 0.05) is 18.2 Å². The van der Waals surface area contributed by atoms with E-state index in [9.17, 15) is 4.79 Å². The Hall–Kier alpha value is -1.21. The second-order valence-corrected chi connectivity index (χ2v) is 6.95. The van der Waals surface area contributed by atoms with Crippen LogP contribution in [0.1, 0.15) is 31.7 Å². The summed E-state index contributed by atoms with van der Waals surface area (Å²) in [5.41, 5.74) is 1.79. The molecular weight excluding hydrogens is 334 g/mol. The molecule has 1 saturated heterocycles. The third-order valence-corrected chi connectivity index (χ3v) is 5.08. The van der Waals surface area contributed by atoms with E-state index in [-0.39, 0.29) is 30.5 Å². The number of anilines is 1. The summed E-state index contributed by atoms with van der Waals surface area (Å²) in [5.74, 6) is 0.361. The van der Waals surface area contributed by atoms with Crippen molar-refractivity contribution >= 4 is 45.6 Å². The minimum absolute atomic E-state index is 0. The minimum atomic E-state index is -0.308. The zero-order valence-corrected chi connectivity index (χ0v) is 15.1. The number of thiazole rings is 1. The highest BCUT2D eigenvalue weighted by Gasteiger charge is 2.28. The summed E-state index contributed by atoms with van der Waals surface area (Å²) in [6, 6.07) is 5.54. The molecule has 5 nitrogen and oxygen atoms in total. The Morgan fingerprint density at radius 2 is 2.26 bits per heavy atom. The van der Waals surface area contributed by atoms with Gasteiger partial charge in [-0.1, -0.05) is 13.8 Å². The fourth-order valence-electron chi connectivity index (χ4n) is 2.51. The third kappa shape index (κ3) is 4.01. The van der Waals surface area contributed by atoms with Crippen LogP contribution in [0, 0.1) is 0 Å². The van der Waals surface area contributed by atoms with Gasteiger partial charge in [-0.3, -0.25) is 4.79 Å². The molecule has 2 atom stereocenters. The van der Waals surface area contributed by atoms with Crippen molar-refractivity contribution in [2.75, 3.05) is 18.5 Å². The maximum atomic E-state index is 12.4. The predicted octanol–water partition coefficient (Wildman–Crippen LogP) is 3.16. The van der Waals surface area contributed by atoms with Gasteiger partial charge in [0.15, 0.2) is 0 Å². The Morgan fingerprint density at radius 3 is 2.96 bits per heavy atom. The van der Waals surface area contributed by atoms with Crippen molar-refractivity contribution in [2.24, 2.45) is 0 Å². The van der Waals surface area contributed by atoms with E-state index < -0.39 is 0 Å². The van der Waals surface area contributed by atoms with Gasteiger partial charge in [0.05, 0.1) is 27.9 Å². The number of hydrogen-bond acceptors (Lipinski definition) is 5. The standard InChI is InChI=1S/C16H21N3O2S.ClH/c1-9(2)16-19-12-5-4-11(8-13(12)22-16)18-15(20)14-10(3)21-7-6-17-14;/h4-5,8-10,14,17H,6-7H2,1-3H3,(H,18,20);1H/t10-,14+;/m1./s1. The van der Waals surface area contributed by atoms with Gasteiger partial charge in [0.1, 0.15) is 6.04 Å².